The van der Waals surface area contributed by atoms with E-state index in [1.807, 2.05) is 24.1 Å². The molecule has 0 saturated carbocycles. The first-order valence-electron chi connectivity index (χ1n) is 18.9. The molecule has 2 heterocycles. The molecule has 5 amide bonds. The molecule has 4 aromatic carbocycles. The van der Waals surface area contributed by atoms with E-state index in [-0.39, 0.29) is 54.7 Å². The molecule has 4 aromatic rings. The molecule has 2 aliphatic heterocycles. The second-order valence-corrected chi connectivity index (χ2v) is 13.6. The van der Waals surface area contributed by atoms with E-state index >= 15 is 0 Å². The van der Waals surface area contributed by atoms with Crippen molar-refractivity contribution in [2.45, 2.75) is 12.8 Å². The maximum Gasteiger partial charge on any atom is 0.261 e. The highest BCUT2D eigenvalue weighted by Crippen LogP contribution is 2.32. The Morgan fingerprint density at radius 3 is 2.09 bits per heavy atom. The van der Waals surface area contributed by atoms with Gasteiger partial charge in [0.2, 0.25) is 5.91 Å². The number of nitrogens with zero attached hydrogens (tertiary/aromatic N) is 4. The summed E-state index contributed by atoms with van der Waals surface area (Å²) in [6, 6.07) is 25.4. The molecule has 14 nitrogen and oxygen atoms in total. The highest BCUT2D eigenvalue weighted by Gasteiger charge is 2.34. The van der Waals surface area contributed by atoms with Crippen LogP contribution in [0.1, 0.15) is 54.3 Å². The number of rotatable bonds is 17. The van der Waals surface area contributed by atoms with Crippen molar-refractivity contribution in [3.63, 3.8) is 0 Å². The monoisotopic (exact) mass is 777 g/mol. The van der Waals surface area contributed by atoms with Crippen molar-refractivity contribution in [2.75, 3.05) is 90.6 Å². The van der Waals surface area contributed by atoms with Gasteiger partial charge in [-0.25, -0.2) is 0 Å². The molecule has 0 aromatic heterocycles. The van der Waals surface area contributed by atoms with Crippen LogP contribution < -0.4 is 24.4 Å². The molecular formula is C43H47N5O9. The quantitative estimate of drug-likeness (QED) is 0.117. The predicted octanol–water partition coefficient (Wildman–Crippen LogP) is 4.85. The van der Waals surface area contributed by atoms with Crippen LogP contribution in [0.15, 0.2) is 91.0 Å². The number of ether oxygens (including phenoxy) is 4. The van der Waals surface area contributed by atoms with Gasteiger partial charge in [0.15, 0.2) is 0 Å². The number of methoxy groups -OCH3 is 1. The summed E-state index contributed by atoms with van der Waals surface area (Å²) in [6.07, 6.45) is 0.924. The summed E-state index contributed by atoms with van der Waals surface area (Å²) >= 11 is 0. The minimum atomic E-state index is -0.460. The molecule has 1 N–H and O–H groups in total. The number of hydrogen-bond acceptors (Lipinski definition) is 10. The Hall–Kier alpha value is -6.25. The van der Waals surface area contributed by atoms with Crippen LogP contribution in [0.4, 0.5) is 11.4 Å². The normalized spacial score (nSPS) is 13.9. The Balaban J connectivity index is 1.00. The molecule has 298 valence electrons. The summed E-state index contributed by atoms with van der Waals surface area (Å²) in [4.78, 5) is 71.7. The maximum atomic E-state index is 13.7. The van der Waals surface area contributed by atoms with E-state index in [0.717, 1.165) is 13.1 Å². The smallest absolute Gasteiger partial charge is 0.261 e. The van der Waals surface area contributed by atoms with Gasteiger partial charge in [0.25, 0.3) is 23.6 Å². The third-order valence-electron chi connectivity index (χ3n) is 9.79. The molecule has 1 fully saturated rings. The van der Waals surface area contributed by atoms with Crippen molar-refractivity contribution >= 4 is 40.9 Å². The Morgan fingerprint density at radius 2 is 1.37 bits per heavy atom. The number of carbonyl (C=O) groups excluding carboxylic acids is 5. The fourth-order valence-corrected chi connectivity index (χ4v) is 6.55. The van der Waals surface area contributed by atoms with Gasteiger partial charge in [0.1, 0.15) is 23.9 Å². The summed E-state index contributed by atoms with van der Waals surface area (Å²) in [6.45, 7) is 4.19. The molecule has 0 radical (unpaired) electrons. The Bertz CT molecular complexity index is 2060. The third-order valence-corrected chi connectivity index (χ3v) is 9.79. The van der Waals surface area contributed by atoms with E-state index in [2.05, 4.69) is 10.2 Å². The zero-order valence-corrected chi connectivity index (χ0v) is 32.4. The number of amides is 5. The van der Waals surface area contributed by atoms with Crippen molar-refractivity contribution < 1.29 is 42.9 Å². The van der Waals surface area contributed by atoms with Gasteiger partial charge in [-0.1, -0.05) is 36.4 Å². The first kappa shape index (κ1) is 40.4. The van der Waals surface area contributed by atoms with Crippen LogP contribution in [0.5, 0.6) is 17.2 Å². The van der Waals surface area contributed by atoms with Gasteiger partial charge in [-0.15, -0.1) is 0 Å². The largest absolute Gasteiger partial charge is 0.495 e. The average molecular weight is 778 g/mol. The van der Waals surface area contributed by atoms with E-state index in [1.54, 1.807) is 85.9 Å². The van der Waals surface area contributed by atoms with Gasteiger partial charge in [0.05, 0.1) is 55.0 Å². The van der Waals surface area contributed by atoms with Crippen LogP contribution in [-0.4, -0.2) is 125 Å². The van der Waals surface area contributed by atoms with Crippen molar-refractivity contribution in [1.29, 1.82) is 0 Å². The van der Waals surface area contributed by atoms with Crippen LogP contribution in [-0.2, 0) is 9.53 Å². The van der Waals surface area contributed by atoms with Gasteiger partial charge in [-0.2, -0.15) is 0 Å². The van der Waals surface area contributed by atoms with Gasteiger partial charge in [0, 0.05) is 51.8 Å². The van der Waals surface area contributed by atoms with Crippen molar-refractivity contribution in [3.05, 3.63) is 113 Å². The Labute approximate surface area is 331 Å². The van der Waals surface area contributed by atoms with Gasteiger partial charge < -0.3 is 39.0 Å². The lowest BCUT2D eigenvalue weighted by molar-refractivity contribution is -0.137. The first-order valence-corrected chi connectivity index (χ1v) is 18.9. The molecule has 0 bridgehead atoms. The minimum absolute atomic E-state index is 0.00895. The van der Waals surface area contributed by atoms with Gasteiger partial charge >= 0.3 is 0 Å². The molecule has 0 unspecified atom stereocenters. The van der Waals surface area contributed by atoms with Crippen LogP contribution in [0, 0.1) is 0 Å². The van der Waals surface area contributed by atoms with E-state index < -0.39 is 5.91 Å². The number of fused-ring (bicyclic) bond motifs is 1. The molecule has 0 aliphatic carbocycles. The number of nitrogens with one attached hydrogen (secondary N) is 1. The standard InChI is InChI=1S/C43H47N5O9/c1-45-21-23-47(24-22-45)39(49)29-55-25-11-27-57-37-17-9-7-15-35(37)46(2)41(51)30-18-19-34(38(28-30)54-3)44-40(50)33-14-6-8-16-36(33)56-26-10-20-48-42(52)31-12-4-5-13-32(31)43(48)53/h4-9,12-19,28H,10-11,20-27,29H2,1-3H3,(H,44,50). The number of carbonyl (C=O) groups is 5. The van der Waals surface area contributed by atoms with Crippen LogP contribution in [0.3, 0.4) is 0 Å². The lowest BCUT2D eigenvalue weighted by Crippen LogP contribution is -2.48. The molecule has 0 spiro atoms. The fraction of sp³-hybridized carbons (Fsp3) is 0.326. The van der Waals surface area contributed by atoms with Crippen molar-refractivity contribution in [1.82, 2.24) is 14.7 Å². The van der Waals surface area contributed by atoms with E-state index in [1.165, 1.54) is 16.9 Å². The van der Waals surface area contributed by atoms with Crippen molar-refractivity contribution in [2.24, 2.45) is 0 Å². The lowest BCUT2D eigenvalue weighted by atomic mass is 10.1. The van der Waals surface area contributed by atoms with Gasteiger partial charge in [-0.05, 0) is 68.1 Å². The molecule has 1 saturated heterocycles. The zero-order valence-electron chi connectivity index (χ0n) is 32.4. The average Bonchev–Trinajstić information content (AvgIpc) is 3.48. The Morgan fingerprint density at radius 1 is 0.737 bits per heavy atom. The van der Waals surface area contributed by atoms with Crippen LogP contribution in [0.2, 0.25) is 0 Å². The molecule has 14 heteroatoms. The van der Waals surface area contributed by atoms with Crippen molar-refractivity contribution in [3.8, 4) is 17.2 Å². The van der Waals surface area contributed by atoms with Gasteiger partial charge in [-0.3, -0.25) is 28.9 Å². The zero-order chi connectivity index (χ0) is 40.3. The molecule has 6 rings (SSSR count). The number of imide groups is 1. The lowest BCUT2D eigenvalue weighted by Gasteiger charge is -2.32. The van der Waals surface area contributed by atoms with E-state index in [0.29, 0.717) is 78.7 Å². The second kappa shape index (κ2) is 19.1. The number of benzene rings is 4. The summed E-state index contributed by atoms with van der Waals surface area (Å²) in [5, 5.41) is 2.85. The summed E-state index contributed by atoms with van der Waals surface area (Å²) in [5.74, 6) is -0.336. The first-order chi connectivity index (χ1) is 27.7. The molecule has 0 atom stereocenters. The number of hydrogen-bond donors (Lipinski definition) is 1. The SMILES string of the molecule is COc1cc(C(=O)N(C)c2ccccc2OCCCOCC(=O)N2CCN(C)CC2)ccc1NC(=O)c1ccccc1OCCCN1C(=O)c2ccccc2C1=O. The topological polar surface area (TPSA) is 147 Å². The number of anilines is 2. The molecule has 57 heavy (non-hydrogen) atoms. The predicted molar refractivity (Wildman–Crippen MR) is 213 cm³/mol. The fourth-order valence-electron chi connectivity index (χ4n) is 6.55. The van der Waals surface area contributed by atoms with Crippen LogP contribution in [0.25, 0.3) is 0 Å². The number of likely N-dealkylation sites (N-methyl/N-ethyl adjacent to an activating group) is 1. The summed E-state index contributed by atoms with van der Waals surface area (Å²) < 4.78 is 23.2. The minimum Gasteiger partial charge on any atom is -0.495 e. The van der Waals surface area contributed by atoms with Crippen LogP contribution >= 0.6 is 0 Å². The summed E-state index contributed by atoms with van der Waals surface area (Å²) in [5.41, 5.74) is 2.28. The summed E-state index contributed by atoms with van der Waals surface area (Å²) in [7, 11) is 5.14. The third kappa shape index (κ3) is 9.77. The van der Waals surface area contributed by atoms with E-state index in [4.69, 9.17) is 18.9 Å². The number of para-hydroxylation sites is 3. The second-order valence-electron chi connectivity index (χ2n) is 13.6. The molecular weight excluding hydrogens is 730 g/mol. The maximum absolute atomic E-state index is 13.7. The molecule has 2 aliphatic rings. The number of piperazine rings is 1. The Kier molecular flexibility index (Phi) is 13.5. The highest BCUT2D eigenvalue weighted by molar-refractivity contribution is 6.21. The highest BCUT2D eigenvalue weighted by atomic mass is 16.5. The van der Waals surface area contributed by atoms with E-state index in [9.17, 15) is 24.0 Å².